The number of rotatable bonds is 6. The maximum Gasteiger partial charge on any atom is 0.251 e. The highest BCUT2D eigenvalue weighted by Crippen LogP contribution is 2.12. The molecular weight excluding hydrogens is 340 g/mol. The molecule has 22 heavy (non-hydrogen) atoms. The molecule has 1 amide bonds. The van der Waals surface area contributed by atoms with Gasteiger partial charge in [-0.1, -0.05) is 40.2 Å². The van der Waals surface area contributed by atoms with Crippen LogP contribution in [0.1, 0.15) is 34.8 Å². The zero-order chi connectivity index (χ0) is 15.9. The summed E-state index contributed by atoms with van der Waals surface area (Å²) in [5.41, 5.74) is 8.53. The maximum atomic E-state index is 12.2. The highest BCUT2D eigenvalue weighted by molar-refractivity contribution is 9.10. The number of nitrogens with two attached hydrogens (primary N) is 1. The Morgan fingerprint density at radius 2 is 1.68 bits per heavy atom. The first-order valence-corrected chi connectivity index (χ1v) is 8.22. The molecule has 1 unspecified atom stereocenters. The summed E-state index contributed by atoms with van der Waals surface area (Å²) in [6, 6.07) is 15.8. The second kappa shape index (κ2) is 8.11. The van der Waals surface area contributed by atoms with Gasteiger partial charge in [-0.2, -0.15) is 0 Å². The number of aryl methyl sites for hydroxylation is 1. The normalized spacial score (nSPS) is 12.0. The van der Waals surface area contributed by atoms with Crippen LogP contribution in [0.2, 0.25) is 0 Å². The van der Waals surface area contributed by atoms with Crippen molar-refractivity contribution in [2.24, 2.45) is 5.73 Å². The molecule has 0 saturated carbocycles. The van der Waals surface area contributed by atoms with Crippen LogP contribution < -0.4 is 11.1 Å². The monoisotopic (exact) mass is 360 g/mol. The minimum Gasteiger partial charge on any atom is -0.350 e. The van der Waals surface area contributed by atoms with Crippen LogP contribution in [0.3, 0.4) is 0 Å². The van der Waals surface area contributed by atoms with E-state index in [4.69, 9.17) is 5.73 Å². The topological polar surface area (TPSA) is 55.1 Å². The zero-order valence-corrected chi connectivity index (χ0v) is 14.3. The van der Waals surface area contributed by atoms with Crippen molar-refractivity contribution in [3.63, 3.8) is 0 Å². The number of amides is 1. The minimum absolute atomic E-state index is 0.0353. The summed E-state index contributed by atoms with van der Waals surface area (Å²) < 4.78 is 1.08. The molecule has 0 aromatic heterocycles. The van der Waals surface area contributed by atoms with E-state index in [-0.39, 0.29) is 11.9 Å². The van der Waals surface area contributed by atoms with Crippen molar-refractivity contribution >= 4 is 21.8 Å². The van der Waals surface area contributed by atoms with Gasteiger partial charge in [0.2, 0.25) is 0 Å². The molecule has 4 heteroatoms. The average Bonchev–Trinajstić information content (AvgIpc) is 2.54. The first-order chi connectivity index (χ1) is 10.6. The van der Waals surface area contributed by atoms with E-state index >= 15 is 0 Å². The number of nitrogens with one attached hydrogen (secondary N) is 1. The molecule has 2 rings (SSSR count). The summed E-state index contributed by atoms with van der Waals surface area (Å²) in [6.45, 7) is 2.52. The number of carbonyl (C=O) groups is 1. The lowest BCUT2D eigenvalue weighted by Gasteiger charge is -2.14. The van der Waals surface area contributed by atoms with E-state index in [9.17, 15) is 4.79 Å². The van der Waals surface area contributed by atoms with Crippen molar-refractivity contribution in [3.05, 3.63) is 69.7 Å². The molecule has 0 aliphatic rings. The molecular formula is C18H21BrN2O. The molecule has 0 heterocycles. The predicted molar refractivity (Wildman–Crippen MR) is 93.7 cm³/mol. The number of halogens is 1. The largest absolute Gasteiger partial charge is 0.350 e. The molecule has 2 aromatic carbocycles. The van der Waals surface area contributed by atoms with Gasteiger partial charge in [0.1, 0.15) is 0 Å². The van der Waals surface area contributed by atoms with Crippen LogP contribution in [0.25, 0.3) is 0 Å². The predicted octanol–water partition coefficient (Wildman–Crippen LogP) is 3.66. The van der Waals surface area contributed by atoms with Gasteiger partial charge in [0.05, 0.1) is 0 Å². The number of hydrogen-bond donors (Lipinski definition) is 2. The standard InChI is InChI=1S/C18H21BrN2O/c1-13(2-3-14-6-10-17(19)11-7-14)21-18(22)16-8-4-15(12-20)5-9-16/h4-11,13H,2-3,12,20H2,1H3,(H,21,22). The van der Waals surface area contributed by atoms with Gasteiger partial charge in [-0.3, -0.25) is 4.79 Å². The highest BCUT2D eigenvalue weighted by atomic mass is 79.9. The Morgan fingerprint density at radius 1 is 1.09 bits per heavy atom. The lowest BCUT2D eigenvalue weighted by atomic mass is 10.1. The first-order valence-electron chi connectivity index (χ1n) is 7.43. The maximum absolute atomic E-state index is 12.2. The van der Waals surface area contributed by atoms with Crippen molar-refractivity contribution in [1.29, 1.82) is 0 Å². The fourth-order valence-corrected chi connectivity index (χ4v) is 2.47. The number of carbonyl (C=O) groups excluding carboxylic acids is 1. The molecule has 0 radical (unpaired) electrons. The van der Waals surface area contributed by atoms with Gasteiger partial charge in [-0.25, -0.2) is 0 Å². The van der Waals surface area contributed by atoms with Crippen molar-refractivity contribution in [2.75, 3.05) is 0 Å². The summed E-state index contributed by atoms with van der Waals surface area (Å²) in [5.74, 6) is -0.0353. The van der Waals surface area contributed by atoms with Gasteiger partial charge >= 0.3 is 0 Å². The fraction of sp³-hybridized carbons (Fsp3) is 0.278. The molecule has 0 spiro atoms. The SMILES string of the molecule is CC(CCc1ccc(Br)cc1)NC(=O)c1ccc(CN)cc1. The van der Waals surface area contributed by atoms with E-state index in [0.717, 1.165) is 22.9 Å². The van der Waals surface area contributed by atoms with Crippen LogP contribution in [0.5, 0.6) is 0 Å². The van der Waals surface area contributed by atoms with Gasteiger partial charge in [0.15, 0.2) is 0 Å². The van der Waals surface area contributed by atoms with Crippen LogP contribution in [0, 0.1) is 0 Å². The Balaban J connectivity index is 1.83. The Morgan fingerprint density at radius 3 is 2.27 bits per heavy atom. The van der Waals surface area contributed by atoms with Crippen LogP contribution in [-0.4, -0.2) is 11.9 Å². The molecule has 0 aliphatic heterocycles. The van der Waals surface area contributed by atoms with Crippen LogP contribution >= 0.6 is 15.9 Å². The van der Waals surface area contributed by atoms with E-state index in [1.165, 1.54) is 5.56 Å². The van der Waals surface area contributed by atoms with Crippen LogP contribution in [-0.2, 0) is 13.0 Å². The molecule has 0 fully saturated rings. The van der Waals surface area contributed by atoms with Crippen molar-refractivity contribution in [2.45, 2.75) is 32.4 Å². The Labute approximate surface area is 140 Å². The molecule has 0 saturated heterocycles. The third-order valence-electron chi connectivity index (χ3n) is 3.61. The van der Waals surface area contributed by atoms with Gasteiger partial charge in [0, 0.05) is 22.6 Å². The second-order valence-electron chi connectivity index (χ2n) is 5.44. The summed E-state index contributed by atoms with van der Waals surface area (Å²) >= 11 is 3.43. The molecule has 3 N–H and O–H groups in total. The van der Waals surface area contributed by atoms with E-state index < -0.39 is 0 Å². The van der Waals surface area contributed by atoms with Crippen LogP contribution in [0.4, 0.5) is 0 Å². The van der Waals surface area contributed by atoms with E-state index in [1.807, 2.05) is 43.3 Å². The van der Waals surface area contributed by atoms with Gasteiger partial charge in [0.25, 0.3) is 5.91 Å². The number of hydrogen-bond acceptors (Lipinski definition) is 2. The average molecular weight is 361 g/mol. The smallest absolute Gasteiger partial charge is 0.251 e. The number of benzene rings is 2. The molecule has 1 atom stereocenters. The summed E-state index contributed by atoms with van der Waals surface area (Å²) in [6.07, 6.45) is 1.86. The minimum atomic E-state index is -0.0353. The third kappa shape index (κ3) is 4.97. The van der Waals surface area contributed by atoms with E-state index in [1.54, 1.807) is 0 Å². The lowest BCUT2D eigenvalue weighted by molar-refractivity contribution is 0.0938. The molecule has 3 nitrogen and oxygen atoms in total. The first kappa shape index (κ1) is 16.7. The summed E-state index contributed by atoms with van der Waals surface area (Å²) in [5, 5.41) is 3.04. The van der Waals surface area contributed by atoms with Crippen molar-refractivity contribution < 1.29 is 4.79 Å². The summed E-state index contributed by atoms with van der Waals surface area (Å²) in [7, 11) is 0. The third-order valence-corrected chi connectivity index (χ3v) is 4.14. The lowest BCUT2D eigenvalue weighted by Crippen LogP contribution is -2.32. The quantitative estimate of drug-likeness (QED) is 0.825. The molecule has 2 aromatic rings. The highest BCUT2D eigenvalue weighted by Gasteiger charge is 2.09. The second-order valence-corrected chi connectivity index (χ2v) is 6.36. The van der Waals surface area contributed by atoms with E-state index in [0.29, 0.717) is 12.1 Å². The Bertz CT molecular complexity index is 608. The van der Waals surface area contributed by atoms with Gasteiger partial charge in [-0.05, 0) is 55.2 Å². The summed E-state index contributed by atoms with van der Waals surface area (Å²) in [4.78, 5) is 12.2. The Hall–Kier alpha value is -1.65. The molecule has 0 aliphatic carbocycles. The van der Waals surface area contributed by atoms with Crippen molar-refractivity contribution in [3.8, 4) is 0 Å². The van der Waals surface area contributed by atoms with Gasteiger partial charge < -0.3 is 11.1 Å². The van der Waals surface area contributed by atoms with E-state index in [2.05, 4.69) is 33.4 Å². The fourth-order valence-electron chi connectivity index (χ4n) is 2.21. The van der Waals surface area contributed by atoms with Crippen molar-refractivity contribution in [1.82, 2.24) is 5.32 Å². The van der Waals surface area contributed by atoms with Crippen LogP contribution in [0.15, 0.2) is 53.0 Å². The van der Waals surface area contributed by atoms with Gasteiger partial charge in [-0.15, -0.1) is 0 Å². The molecule has 0 bridgehead atoms. The zero-order valence-electron chi connectivity index (χ0n) is 12.7. The Kier molecular flexibility index (Phi) is 6.16. The molecule has 116 valence electrons.